The number of hydrogen-bond acceptors (Lipinski definition) is 3. The van der Waals surface area contributed by atoms with Crippen molar-refractivity contribution in [2.45, 2.75) is 6.61 Å². The van der Waals surface area contributed by atoms with Crippen LogP contribution in [0.25, 0.3) is 33.2 Å². The van der Waals surface area contributed by atoms with Gasteiger partial charge in [-0.05, 0) is 70.8 Å². The first-order valence-electron chi connectivity index (χ1n) is 10.0. The first kappa shape index (κ1) is 18.9. The summed E-state index contributed by atoms with van der Waals surface area (Å²) < 4.78 is 19.9. The van der Waals surface area contributed by atoms with Crippen molar-refractivity contribution in [1.29, 1.82) is 0 Å². The molecule has 5 aromatic rings. The second-order valence-electron chi connectivity index (χ2n) is 7.23. The molecule has 0 aliphatic heterocycles. The smallest absolute Gasteiger partial charge is 0.130 e. The maximum Gasteiger partial charge on any atom is 0.130 e. The lowest BCUT2D eigenvalue weighted by molar-refractivity contribution is 0.302. The molecule has 0 saturated heterocycles. The van der Waals surface area contributed by atoms with Gasteiger partial charge in [0, 0.05) is 17.8 Å². The number of hydrogen-bond donors (Lipinski definition) is 0. The molecule has 0 aliphatic carbocycles. The molecule has 0 unspecified atom stereocenters. The van der Waals surface area contributed by atoms with Gasteiger partial charge in [-0.1, -0.05) is 42.5 Å². The van der Waals surface area contributed by atoms with Gasteiger partial charge >= 0.3 is 0 Å². The fourth-order valence-electron chi connectivity index (χ4n) is 3.62. The van der Waals surface area contributed by atoms with Crippen LogP contribution in [-0.4, -0.2) is 9.97 Å². The van der Waals surface area contributed by atoms with E-state index < -0.39 is 0 Å². The molecule has 5 rings (SSSR count). The Balaban J connectivity index is 1.37. The van der Waals surface area contributed by atoms with Crippen molar-refractivity contribution in [3.63, 3.8) is 0 Å². The third-order valence-corrected chi connectivity index (χ3v) is 5.18. The summed E-state index contributed by atoms with van der Waals surface area (Å²) in [6.45, 7) is 0.392. The van der Waals surface area contributed by atoms with Crippen molar-refractivity contribution >= 4 is 10.9 Å². The Morgan fingerprint density at radius 2 is 1.48 bits per heavy atom. The number of ether oxygens (including phenoxy) is 1. The quantitative estimate of drug-likeness (QED) is 0.326. The molecule has 0 aliphatic rings. The van der Waals surface area contributed by atoms with E-state index in [9.17, 15) is 4.39 Å². The predicted octanol–water partition coefficient (Wildman–Crippen LogP) is 6.68. The van der Waals surface area contributed by atoms with Crippen molar-refractivity contribution in [1.82, 2.24) is 9.97 Å². The molecular formula is C27H19FN2O. The Hall–Kier alpha value is -4.05. The van der Waals surface area contributed by atoms with Gasteiger partial charge in [0.05, 0.1) is 11.2 Å². The van der Waals surface area contributed by atoms with Crippen LogP contribution in [0.2, 0.25) is 0 Å². The minimum atomic E-state index is -0.265. The maximum absolute atomic E-state index is 13.9. The summed E-state index contributed by atoms with van der Waals surface area (Å²) >= 11 is 0. The van der Waals surface area contributed by atoms with Crippen LogP contribution >= 0.6 is 0 Å². The number of nitrogens with zero attached hydrogens (tertiary/aromatic N) is 2. The maximum atomic E-state index is 13.9. The van der Waals surface area contributed by atoms with Gasteiger partial charge in [0.15, 0.2) is 0 Å². The summed E-state index contributed by atoms with van der Waals surface area (Å²) in [5.41, 5.74) is 5.53. The van der Waals surface area contributed by atoms with Crippen molar-refractivity contribution < 1.29 is 9.13 Å². The van der Waals surface area contributed by atoms with E-state index in [-0.39, 0.29) is 5.82 Å². The highest BCUT2D eigenvalue weighted by Gasteiger charge is 2.09. The minimum absolute atomic E-state index is 0.265. The summed E-state index contributed by atoms with van der Waals surface area (Å²) in [7, 11) is 0. The molecule has 2 aromatic heterocycles. The molecule has 4 heteroatoms. The van der Waals surface area contributed by atoms with Crippen molar-refractivity contribution in [2.24, 2.45) is 0 Å². The molecule has 0 spiro atoms. The monoisotopic (exact) mass is 406 g/mol. The average molecular weight is 406 g/mol. The molecule has 0 N–H and O–H groups in total. The van der Waals surface area contributed by atoms with E-state index in [2.05, 4.69) is 16.0 Å². The molecular weight excluding hydrogens is 387 g/mol. The molecule has 3 aromatic carbocycles. The fourth-order valence-corrected chi connectivity index (χ4v) is 3.62. The van der Waals surface area contributed by atoms with Gasteiger partial charge in [0.25, 0.3) is 0 Å². The topological polar surface area (TPSA) is 35.0 Å². The summed E-state index contributed by atoms with van der Waals surface area (Å²) in [5, 5.41) is 1.11. The van der Waals surface area contributed by atoms with Gasteiger partial charge in [-0.15, -0.1) is 0 Å². The van der Waals surface area contributed by atoms with E-state index in [1.54, 1.807) is 24.5 Å². The Morgan fingerprint density at radius 1 is 0.710 bits per heavy atom. The molecule has 0 saturated carbocycles. The summed E-state index contributed by atoms with van der Waals surface area (Å²) in [5.74, 6) is 0.490. The molecule has 0 atom stereocenters. The summed E-state index contributed by atoms with van der Waals surface area (Å²) in [6.07, 6.45) is 3.42. The Labute approximate surface area is 179 Å². The SMILES string of the molecule is Fc1ccc(-c2ccc(OCc3ccc4ccccc4n3)cc2)c(-c2ccncc2)c1. The number of para-hydroxylation sites is 1. The molecule has 0 bridgehead atoms. The largest absolute Gasteiger partial charge is 0.487 e. The van der Waals surface area contributed by atoms with Crippen LogP contribution in [0.3, 0.4) is 0 Å². The highest BCUT2D eigenvalue weighted by molar-refractivity contribution is 5.83. The number of fused-ring (bicyclic) bond motifs is 1. The van der Waals surface area contributed by atoms with Crippen LogP contribution in [0.15, 0.2) is 103 Å². The number of rotatable bonds is 5. The Morgan fingerprint density at radius 3 is 2.32 bits per heavy atom. The molecule has 3 nitrogen and oxygen atoms in total. The van der Waals surface area contributed by atoms with Crippen LogP contribution in [0, 0.1) is 5.82 Å². The van der Waals surface area contributed by atoms with Crippen LogP contribution in [-0.2, 0) is 6.61 Å². The van der Waals surface area contributed by atoms with Gasteiger partial charge < -0.3 is 4.74 Å². The van der Waals surface area contributed by atoms with E-state index in [4.69, 9.17) is 4.74 Å². The number of pyridine rings is 2. The van der Waals surface area contributed by atoms with E-state index >= 15 is 0 Å². The zero-order valence-corrected chi connectivity index (χ0v) is 16.7. The van der Waals surface area contributed by atoms with Crippen molar-refractivity contribution in [2.75, 3.05) is 0 Å². The average Bonchev–Trinajstić information content (AvgIpc) is 2.83. The minimum Gasteiger partial charge on any atom is -0.487 e. The molecule has 150 valence electrons. The van der Waals surface area contributed by atoms with E-state index in [0.29, 0.717) is 6.61 Å². The van der Waals surface area contributed by atoms with Gasteiger partial charge in [0.2, 0.25) is 0 Å². The summed E-state index contributed by atoms with van der Waals surface area (Å²) in [4.78, 5) is 8.70. The number of benzene rings is 3. The van der Waals surface area contributed by atoms with Gasteiger partial charge in [-0.25, -0.2) is 9.37 Å². The first-order valence-corrected chi connectivity index (χ1v) is 10.0. The van der Waals surface area contributed by atoms with E-state index in [1.807, 2.05) is 66.7 Å². The summed E-state index contributed by atoms with van der Waals surface area (Å²) in [6, 6.07) is 28.5. The lowest BCUT2D eigenvalue weighted by Crippen LogP contribution is -1.98. The third kappa shape index (κ3) is 4.14. The van der Waals surface area contributed by atoms with Gasteiger partial charge in [-0.3, -0.25) is 4.98 Å². The molecule has 0 radical (unpaired) electrons. The van der Waals surface area contributed by atoms with Crippen LogP contribution < -0.4 is 4.74 Å². The Bertz CT molecular complexity index is 1330. The van der Waals surface area contributed by atoms with Crippen LogP contribution in [0.4, 0.5) is 4.39 Å². The first-order chi connectivity index (χ1) is 15.3. The van der Waals surface area contributed by atoms with E-state index in [1.165, 1.54) is 6.07 Å². The zero-order chi connectivity index (χ0) is 21.0. The number of aromatic nitrogens is 2. The van der Waals surface area contributed by atoms with Crippen molar-refractivity contribution in [3.05, 3.63) is 115 Å². The lowest BCUT2D eigenvalue weighted by Gasteiger charge is -2.12. The van der Waals surface area contributed by atoms with Crippen molar-refractivity contribution in [3.8, 4) is 28.0 Å². The highest BCUT2D eigenvalue weighted by Crippen LogP contribution is 2.33. The van der Waals surface area contributed by atoms with Gasteiger partial charge in [0.1, 0.15) is 18.2 Å². The zero-order valence-electron chi connectivity index (χ0n) is 16.7. The molecule has 2 heterocycles. The molecule has 0 amide bonds. The number of halogens is 1. The third-order valence-electron chi connectivity index (χ3n) is 5.18. The standard InChI is InChI=1S/C27H19FN2O/c28-22-8-12-25(26(17-22)20-13-15-29-16-14-20)19-6-10-24(11-7-19)31-18-23-9-5-21-3-1-2-4-27(21)30-23/h1-17H,18H2. The second-order valence-corrected chi connectivity index (χ2v) is 7.23. The normalized spacial score (nSPS) is 10.9. The lowest BCUT2D eigenvalue weighted by atomic mass is 9.95. The fraction of sp³-hybridized carbons (Fsp3) is 0.0370. The Kier molecular flexibility index (Phi) is 5.11. The predicted molar refractivity (Wildman–Crippen MR) is 121 cm³/mol. The molecule has 31 heavy (non-hydrogen) atoms. The van der Waals surface area contributed by atoms with Gasteiger partial charge in [-0.2, -0.15) is 0 Å². The molecule has 0 fully saturated rings. The second kappa shape index (κ2) is 8.36. The van der Waals surface area contributed by atoms with E-state index in [0.717, 1.165) is 44.6 Å². The highest BCUT2D eigenvalue weighted by atomic mass is 19.1. The van der Waals surface area contributed by atoms with Crippen LogP contribution in [0.1, 0.15) is 5.69 Å². The van der Waals surface area contributed by atoms with Crippen LogP contribution in [0.5, 0.6) is 5.75 Å².